The fourth-order valence-corrected chi connectivity index (χ4v) is 3.94. The standard InChI is InChI=1S/C21H23N5O3S/c1-25(2)21(28)14-5-7-19-18(9-14)26(3)15(12-29-19)10-20(27)22-11-13-4-6-16-17(8-13)24-30-23-16/h4-9,15H,10-12H2,1-3H3,(H,22,27)/t15-/m0/s1. The number of hydrogen-bond donors (Lipinski definition) is 1. The summed E-state index contributed by atoms with van der Waals surface area (Å²) in [6.45, 7) is 0.843. The largest absolute Gasteiger partial charge is 0.489 e. The van der Waals surface area contributed by atoms with E-state index in [1.807, 2.05) is 42.3 Å². The lowest BCUT2D eigenvalue weighted by molar-refractivity contribution is -0.121. The Bertz CT molecular complexity index is 1100. The second-order valence-corrected chi connectivity index (χ2v) is 8.05. The van der Waals surface area contributed by atoms with E-state index in [2.05, 4.69) is 14.1 Å². The van der Waals surface area contributed by atoms with Crippen LogP contribution < -0.4 is 15.0 Å². The highest BCUT2D eigenvalue weighted by Gasteiger charge is 2.27. The van der Waals surface area contributed by atoms with Gasteiger partial charge in [-0.1, -0.05) is 6.07 Å². The summed E-state index contributed by atoms with van der Waals surface area (Å²) < 4.78 is 14.3. The Morgan fingerprint density at radius 2 is 2.00 bits per heavy atom. The minimum Gasteiger partial charge on any atom is -0.489 e. The van der Waals surface area contributed by atoms with Crippen LogP contribution in [0, 0.1) is 0 Å². The molecule has 30 heavy (non-hydrogen) atoms. The maximum atomic E-state index is 12.5. The Morgan fingerprint density at radius 3 is 2.80 bits per heavy atom. The van der Waals surface area contributed by atoms with Gasteiger partial charge < -0.3 is 19.9 Å². The van der Waals surface area contributed by atoms with Crippen LogP contribution in [0.2, 0.25) is 0 Å². The molecular formula is C21H23N5O3S. The fraction of sp³-hybridized carbons (Fsp3) is 0.333. The minimum atomic E-state index is -0.118. The molecule has 3 aromatic rings. The molecule has 0 saturated heterocycles. The van der Waals surface area contributed by atoms with Crippen molar-refractivity contribution in [2.75, 3.05) is 32.6 Å². The average Bonchev–Trinajstić information content (AvgIpc) is 3.21. The molecule has 2 amide bonds. The van der Waals surface area contributed by atoms with Crippen LogP contribution in [0.15, 0.2) is 36.4 Å². The van der Waals surface area contributed by atoms with Crippen molar-refractivity contribution in [3.63, 3.8) is 0 Å². The van der Waals surface area contributed by atoms with Gasteiger partial charge in [-0.3, -0.25) is 9.59 Å². The van der Waals surface area contributed by atoms with Crippen molar-refractivity contribution in [2.24, 2.45) is 0 Å². The summed E-state index contributed by atoms with van der Waals surface area (Å²) >= 11 is 1.18. The molecule has 1 atom stereocenters. The van der Waals surface area contributed by atoms with Gasteiger partial charge in [0.25, 0.3) is 5.91 Å². The third kappa shape index (κ3) is 4.06. The van der Waals surface area contributed by atoms with Crippen molar-refractivity contribution in [2.45, 2.75) is 19.0 Å². The number of ether oxygens (including phenoxy) is 1. The Balaban J connectivity index is 1.39. The van der Waals surface area contributed by atoms with E-state index < -0.39 is 0 Å². The second-order valence-electron chi connectivity index (χ2n) is 7.53. The molecule has 1 N–H and O–H groups in total. The number of aromatic nitrogens is 2. The van der Waals surface area contributed by atoms with Gasteiger partial charge in [-0.25, -0.2) is 0 Å². The van der Waals surface area contributed by atoms with Crippen molar-refractivity contribution >= 4 is 40.3 Å². The number of benzene rings is 2. The topological polar surface area (TPSA) is 87.7 Å². The Morgan fingerprint density at radius 1 is 1.20 bits per heavy atom. The summed E-state index contributed by atoms with van der Waals surface area (Å²) in [4.78, 5) is 28.4. The molecule has 9 heteroatoms. The van der Waals surface area contributed by atoms with E-state index in [4.69, 9.17) is 4.74 Å². The van der Waals surface area contributed by atoms with Gasteiger partial charge in [0.15, 0.2) is 0 Å². The van der Waals surface area contributed by atoms with E-state index in [0.29, 0.717) is 25.1 Å². The molecule has 0 saturated carbocycles. The molecule has 156 valence electrons. The molecule has 1 aromatic heterocycles. The number of anilines is 1. The molecule has 0 aliphatic carbocycles. The first-order valence-electron chi connectivity index (χ1n) is 9.61. The third-order valence-electron chi connectivity index (χ3n) is 5.20. The number of nitrogens with zero attached hydrogens (tertiary/aromatic N) is 4. The smallest absolute Gasteiger partial charge is 0.253 e. The summed E-state index contributed by atoms with van der Waals surface area (Å²) in [5, 5.41) is 2.97. The van der Waals surface area contributed by atoms with Gasteiger partial charge >= 0.3 is 0 Å². The van der Waals surface area contributed by atoms with E-state index in [9.17, 15) is 9.59 Å². The van der Waals surface area contributed by atoms with Crippen LogP contribution in [-0.4, -0.2) is 59.3 Å². The lowest BCUT2D eigenvalue weighted by Crippen LogP contribution is -2.43. The Labute approximate surface area is 178 Å². The first kappa shape index (κ1) is 20.1. The predicted octanol–water partition coefficient (Wildman–Crippen LogP) is 2.30. The minimum absolute atomic E-state index is 0.0593. The SMILES string of the molecule is CN(C)C(=O)c1ccc2c(c1)N(C)[C@@H](CC(=O)NCc1ccc3nsnc3c1)CO2. The third-order valence-corrected chi connectivity index (χ3v) is 5.76. The van der Waals surface area contributed by atoms with Crippen LogP contribution in [0.3, 0.4) is 0 Å². The van der Waals surface area contributed by atoms with E-state index in [0.717, 1.165) is 28.0 Å². The highest BCUT2D eigenvalue weighted by Crippen LogP contribution is 2.34. The van der Waals surface area contributed by atoms with E-state index >= 15 is 0 Å². The summed E-state index contributed by atoms with van der Waals surface area (Å²) in [6.07, 6.45) is 0.294. The molecule has 0 bridgehead atoms. The number of fused-ring (bicyclic) bond motifs is 2. The van der Waals surface area contributed by atoms with Crippen LogP contribution >= 0.6 is 11.7 Å². The molecule has 1 aliphatic heterocycles. The predicted molar refractivity (Wildman–Crippen MR) is 116 cm³/mol. The van der Waals surface area contributed by atoms with Gasteiger partial charge in [0.1, 0.15) is 23.4 Å². The first-order valence-corrected chi connectivity index (χ1v) is 10.3. The highest BCUT2D eigenvalue weighted by molar-refractivity contribution is 7.00. The number of nitrogens with one attached hydrogen (secondary N) is 1. The number of hydrogen-bond acceptors (Lipinski definition) is 7. The molecule has 1 aliphatic rings. The zero-order valence-electron chi connectivity index (χ0n) is 17.1. The number of likely N-dealkylation sites (N-methyl/N-ethyl adjacent to an activating group) is 1. The van der Waals surface area contributed by atoms with E-state index in [1.54, 1.807) is 20.2 Å². The summed E-state index contributed by atoms with van der Waals surface area (Å²) in [7, 11) is 5.36. The molecule has 8 nitrogen and oxygen atoms in total. The normalized spacial score (nSPS) is 15.4. The van der Waals surface area contributed by atoms with Crippen LogP contribution in [0.5, 0.6) is 5.75 Å². The van der Waals surface area contributed by atoms with Gasteiger partial charge in [-0.2, -0.15) is 8.75 Å². The van der Waals surface area contributed by atoms with E-state index in [-0.39, 0.29) is 17.9 Å². The summed E-state index contributed by atoms with van der Waals surface area (Å²) in [5.74, 6) is 0.587. The monoisotopic (exact) mass is 425 g/mol. The molecule has 0 spiro atoms. The zero-order valence-corrected chi connectivity index (χ0v) is 17.9. The zero-order chi connectivity index (χ0) is 21.3. The number of carbonyl (C=O) groups excluding carboxylic acids is 2. The Kier molecular flexibility index (Phi) is 5.54. The number of amides is 2. The van der Waals surface area contributed by atoms with Crippen molar-refractivity contribution in [3.05, 3.63) is 47.5 Å². The second kappa shape index (κ2) is 8.27. The maximum absolute atomic E-state index is 12.5. The van der Waals surface area contributed by atoms with Crippen LogP contribution in [0.25, 0.3) is 11.0 Å². The summed E-state index contributed by atoms with van der Waals surface area (Å²) in [5.41, 5.74) is 4.09. The molecule has 0 unspecified atom stereocenters. The molecule has 4 rings (SSSR count). The highest BCUT2D eigenvalue weighted by atomic mass is 32.1. The van der Waals surface area contributed by atoms with Crippen molar-refractivity contribution in [3.8, 4) is 5.75 Å². The number of carbonyl (C=O) groups is 2. The molecule has 2 aromatic carbocycles. The molecule has 0 fully saturated rings. The van der Waals surface area contributed by atoms with Crippen molar-refractivity contribution in [1.82, 2.24) is 19.0 Å². The van der Waals surface area contributed by atoms with Crippen LogP contribution in [-0.2, 0) is 11.3 Å². The molecule has 0 radical (unpaired) electrons. The fourth-order valence-electron chi connectivity index (χ4n) is 3.42. The lowest BCUT2D eigenvalue weighted by Gasteiger charge is -2.35. The quantitative estimate of drug-likeness (QED) is 0.675. The van der Waals surface area contributed by atoms with Crippen molar-refractivity contribution in [1.29, 1.82) is 0 Å². The number of rotatable bonds is 5. The van der Waals surface area contributed by atoms with E-state index in [1.165, 1.54) is 16.6 Å². The van der Waals surface area contributed by atoms with Gasteiger partial charge in [0.05, 0.1) is 29.9 Å². The van der Waals surface area contributed by atoms with Crippen molar-refractivity contribution < 1.29 is 14.3 Å². The lowest BCUT2D eigenvalue weighted by atomic mass is 10.1. The first-order chi connectivity index (χ1) is 14.4. The van der Waals surface area contributed by atoms with Gasteiger partial charge in [-0.05, 0) is 35.9 Å². The van der Waals surface area contributed by atoms with Gasteiger partial charge in [-0.15, -0.1) is 0 Å². The Hall–Kier alpha value is -3.20. The maximum Gasteiger partial charge on any atom is 0.253 e. The molecular weight excluding hydrogens is 402 g/mol. The van der Waals surface area contributed by atoms with Gasteiger partial charge in [0, 0.05) is 33.3 Å². The van der Waals surface area contributed by atoms with Crippen LogP contribution in [0.4, 0.5) is 5.69 Å². The average molecular weight is 426 g/mol. The van der Waals surface area contributed by atoms with Gasteiger partial charge in [0.2, 0.25) is 5.91 Å². The molecule has 2 heterocycles. The van der Waals surface area contributed by atoms with Crippen LogP contribution in [0.1, 0.15) is 22.3 Å². The summed E-state index contributed by atoms with van der Waals surface area (Å²) in [6, 6.07) is 11.1.